The van der Waals surface area contributed by atoms with E-state index in [-0.39, 0.29) is 5.78 Å². The molecule has 2 aromatic carbocycles. The van der Waals surface area contributed by atoms with Gasteiger partial charge < -0.3 is 20.3 Å². The van der Waals surface area contributed by atoms with E-state index in [1.807, 2.05) is 14.1 Å². The lowest BCUT2D eigenvalue weighted by Crippen LogP contribution is -2.22. The maximum Gasteiger partial charge on any atom is 0.323 e. The molecule has 0 unspecified atom stereocenters. The first-order valence-corrected chi connectivity index (χ1v) is 7.96. The van der Waals surface area contributed by atoms with Crippen LogP contribution in [0.2, 0.25) is 5.02 Å². The van der Waals surface area contributed by atoms with Crippen molar-refractivity contribution in [3.05, 3.63) is 53.1 Å². The summed E-state index contributed by atoms with van der Waals surface area (Å²) in [5, 5.41) is 5.85. The third kappa shape index (κ3) is 5.48. The Morgan fingerprint density at radius 1 is 1.12 bits per heavy atom. The second-order valence-electron chi connectivity index (χ2n) is 5.67. The number of carbonyl (C=O) groups is 2. The topological polar surface area (TPSA) is 70.7 Å². The van der Waals surface area contributed by atoms with Gasteiger partial charge in [-0.1, -0.05) is 23.7 Å². The van der Waals surface area contributed by atoms with Gasteiger partial charge in [0.2, 0.25) is 0 Å². The zero-order chi connectivity index (χ0) is 18.4. The Balaban J connectivity index is 2.08. The summed E-state index contributed by atoms with van der Waals surface area (Å²) in [7, 11) is 5.16. The zero-order valence-electron chi connectivity index (χ0n) is 14.3. The molecule has 0 aliphatic rings. The zero-order valence-corrected chi connectivity index (χ0v) is 15.1. The van der Waals surface area contributed by atoms with Gasteiger partial charge in [0.1, 0.15) is 5.75 Å². The molecule has 6 nitrogen and oxygen atoms in total. The molecule has 0 aliphatic heterocycles. The van der Waals surface area contributed by atoms with E-state index in [0.717, 1.165) is 0 Å². The number of nitrogens with zero attached hydrogens (tertiary/aromatic N) is 1. The highest BCUT2D eigenvalue weighted by atomic mass is 35.5. The Kier molecular flexibility index (Phi) is 6.38. The number of urea groups is 1. The fourth-order valence-corrected chi connectivity index (χ4v) is 2.38. The minimum absolute atomic E-state index is 0.0226. The summed E-state index contributed by atoms with van der Waals surface area (Å²) in [6, 6.07) is 11.3. The molecule has 0 aromatic heterocycles. The molecular formula is C18H20ClN3O3. The van der Waals surface area contributed by atoms with Gasteiger partial charge in [-0.05, 0) is 44.4 Å². The molecule has 0 atom stereocenters. The molecule has 2 aromatic rings. The monoisotopic (exact) mass is 361 g/mol. The fourth-order valence-electron chi connectivity index (χ4n) is 2.21. The van der Waals surface area contributed by atoms with Crippen LogP contribution in [0, 0.1) is 0 Å². The first-order valence-electron chi connectivity index (χ1n) is 7.58. The van der Waals surface area contributed by atoms with Crippen LogP contribution < -0.4 is 15.4 Å². The molecular weight excluding hydrogens is 342 g/mol. The quantitative estimate of drug-likeness (QED) is 0.769. The standard InChI is InChI=1S/C18H20ClN3O3/c1-22(2)11-16(23)12-5-4-6-14(9-12)20-18(24)21-15-10-13(19)7-8-17(15)25-3/h4-10H,11H2,1-3H3,(H2,20,21,24). The smallest absolute Gasteiger partial charge is 0.323 e. The summed E-state index contributed by atoms with van der Waals surface area (Å²) in [5.74, 6) is 0.472. The van der Waals surface area contributed by atoms with Gasteiger partial charge in [0, 0.05) is 16.3 Å². The number of nitrogens with one attached hydrogen (secondary N) is 2. The molecule has 25 heavy (non-hydrogen) atoms. The number of hydrogen-bond acceptors (Lipinski definition) is 4. The van der Waals surface area contributed by atoms with E-state index in [1.54, 1.807) is 47.4 Å². The number of methoxy groups -OCH3 is 1. The van der Waals surface area contributed by atoms with Gasteiger partial charge in [-0.25, -0.2) is 4.79 Å². The van der Waals surface area contributed by atoms with Crippen LogP contribution in [0.3, 0.4) is 0 Å². The maximum absolute atomic E-state index is 12.2. The minimum atomic E-state index is -0.460. The molecule has 0 aliphatic carbocycles. The molecule has 0 saturated heterocycles. The summed E-state index contributed by atoms with van der Waals surface area (Å²) in [6.07, 6.45) is 0. The van der Waals surface area contributed by atoms with Crippen molar-refractivity contribution in [3.63, 3.8) is 0 Å². The van der Waals surface area contributed by atoms with Crippen LogP contribution >= 0.6 is 11.6 Å². The molecule has 0 fully saturated rings. The van der Waals surface area contributed by atoms with Gasteiger partial charge in [0.25, 0.3) is 0 Å². The third-order valence-corrected chi connectivity index (χ3v) is 3.55. The molecule has 132 valence electrons. The van der Waals surface area contributed by atoms with E-state index in [0.29, 0.717) is 34.3 Å². The third-order valence-electron chi connectivity index (χ3n) is 3.31. The SMILES string of the molecule is COc1ccc(Cl)cc1NC(=O)Nc1cccc(C(=O)CN(C)C)c1. The highest BCUT2D eigenvalue weighted by molar-refractivity contribution is 6.31. The lowest BCUT2D eigenvalue weighted by atomic mass is 10.1. The first-order chi connectivity index (χ1) is 11.9. The number of benzene rings is 2. The normalized spacial score (nSPS) is 10.4. The average Bonchev–Trinajstić information content (AvgIpc) is 2.54. The van der Waals surface area contributed by atoms with Crippen molar-refractivity contribution in [2.45, 2.75) is 0 Å². The van der Waals surface area contributed by atoms with Crippen LogP contribution in [0.4, 0.5) is 16.2 Å². The number of rotatable bonds is 6. The van der Waals surface area contributed by atoms with Crippen LogP contribution in [0.15, 0.2) is 42.5 Å². The van der Waals surface area contributed by atoms with Crippen molar-refractivity contribution in [1.82, 2.24) is 4.90 Å². The van der Waals surface area contributed by atoms with Crippen LogP contribution in [0.25, 0.3) is 0 Å². The molecule has 0 bridgehead atoms. The Morgan fingerprint density at radius 2 is 1.88 bits per heavy atom. The number of ketones is 1. The maximum atomic E-state index is 12.2. The Bertz CT molecular complexity index is 778. The van der Waals surface area contributed by atoms with Gasteiger partial charge in [-0.2, -0.15) is 0 Å². The molecule has 2 rings (SSSR count). The van der Waals surface area contributed by atoms with Crippen molar-refractivity contribution < 1.29 is 14.3 Å². The van der Waals surface area contributed by atoms with Gasteiger partial charge in [0.15, 0.2) is 5.78 Å². The van der Waals surface area contributed by atoms with Crippen LogP contribution in [-0.2, 0) is 0 Å². The second kappa shape index (κ2) is 8.50. The molecule has 0 heterocycles. The van der Waals surface area contributed by atoms with Crippen LogP contribution in [0.5, 0.6) is 5.75 Å². The summed E-state index contributed by atoms with van der Waals surface area (Å²) in [6.45, 7) is 0.301. The van der Waals surface area contributed by atoms with Crippen molar-refractivity contribution in [1.29, 1.82) is 0 Å². The van der Waals surface area contributed by atoms with Crippen LogP contribution in [-0.4, -0.2) is 44.5 Å². The molecule has 0 saturated carbocycles. The average molecular weight is 362 g/mol. The predicted molar refractivity (Wildman–Crippen MR) is 100.0 cm³/mol. The molecule has 0 radical (unpaired) electrons. The van der Waals surface area contributed by atoms with Gasteiger partial charge in [-0.3, -0.25) is 4.79 Å². The van der Waals surface area contributed by atoms with Gasteiger partial charge >= 0.3 is 6.03 Å². The molecule has 0 spiro atoms. The highest BCUT2D eigenvalue weighted by Crippen LogP contribution is 2.27. The van der Waals surface area contributed by atoms with Gasteiger partial charge in [0.05, 0.1) is 19.3 Å². The number of amides is 2. The number of carbonyl (C=O) groups excluding carboxylic acids is 2. The van der Waals surface area contributed by atoms with Crippen molar-refractivity contribution >= 4 is 34.8 Å². The lowest BCUT2D eigenvalue weighted by Gasteiger charge is -2.12. The van der Waals surface area contributed by atoms with E-state index >= 15 is 0 Å². The number of Topliss-reactive ketones (excluding diaryl/α,β-unsaturated/α-hetero) is 1. The lowest BCUT2D eigenvalue weighted by molar-refractivity contribution is 0.0958. The van der Waals surface area contributed by atoms with Crippen molar-refractivity contribution in [2.24, 2.45) is 0 Å². The van der Waals surface area contributed by atoms with E-state index in [1.165, 1.54) is 7.11 Å². The van der Waals surface area contributed by atoms with Crippen molar-refractivity contribution in [3.8, 4) is 5.75 Å². The van der Waals surface area contributed by atoms with Crippen LogP contribution in [0.1, 0.15) is 10.4 Å². The largest absolute Gasteiger partial charge is 0.495 e. The first kappa shape index (κ1) is 18.8. The number of halogens is 1. The van der Waals surface area contributed by atoms with E-state index in [4.69, 9.17) is 16.3 Å². The summed E-state index contributed by atoms with van der Waals surface area (Å²) in [4.78, 5) is 26.1. The van der Waals surface area contributed by atoms with Crippen molar-refractivity contribution in [2.75, 3.05) is 38.4 Å². The number of anilines is 2. The molecule has 2 amide bonds. The summed E-state index contributed by atoms with van der Waals surface area (Å²) >= 11 is 5.95. The molecule has 2 N–H and O–H groups in total. The summed E-state index contributed by atoms with van der Waals surface area (Å²) < 4.78 is 5.19. The van der Waals surface area contributed by atoms with E-state index < -0.39 is 6.03 Å². The van der Waals surface area contributed by atoms with E-state index in [9.17, 15) is 9.59 Å². The fraction of sp³-hybridized carbons (Fsp3) is 0.222. The van der Waals surface area contributed by atoms with Gasteiger partial charge in [-0.15, -0.1) is 0 Å². The predicted octanol–water partition coefficient (Wildman–Crippen LogP) is 3.74. The minimum Gasteiger partial charge on any atom is -0.495 e. The number of ether oxygens (including phenoxy) is 1. The van der Waals surface area contributed by atoms with E-state index in [2.05, 4.69) is 10.6 Å². The Morgan fingerprint density at radius 3 is 2.56 bits per heavy atom. The number of likely N-dealkylation sites (N-methyl/N-ethyl adjacent to an activating group) is 1. The Hall–Kier alpha value is -2.57. The number of hydrogen-bond donors (Lipinski definition) is 2. The second-order valence-corrected chi connectivity index (χ2v) is 6.10. The molecule has 7 heteroatoms. The summed E-state index contributed by atoms with van der Waals surface area (Å²) in [5.41, 5.74) is 1.50. The highest BCUT2D eigenvalue weighted by Gasteiger charge is 2.11. The Labute approximate surface area is 151 Å².